The first-order valence-corrected chi connectivity index (χ1v) is 11.3. The van der Waals surface area contributed by atoms with Crippen LogP contribution in [0.25, 0.3) is 17.5 Å². The van der Waals surface area contributed by atoms with E-state index >= 15 is 0 Å². The fourth-order valence-corrected chi connectivity index (χ4v) is 3.95. The van der Waals surface area contributed by atoms with Gasteiger partial charge in [-0.25, -0.2) is 0 Å². The maximum Gasteiger partial charge on any atom is 0.246 e. The molecule has 1 amide bonds. The molecule has 1 aliphatic heterocycles. The molecule has 4 rings (SSSR count). The molecule has 1 aromatic heterocycles. The Bertz CT molecular complexity index is 1150. The fourth-order valence-electron chi connectivity index (χ4n) is 3.95. The van der Waals surface area contributed by atoms with Crippen molar-refractivity contribution in [2.75, 3.05) is 40.4 Å². The molecular formula is C26H30N4O4. The molecular weight excluding hydrogens is 432 g/mol. The van der Waals surface area contributed by atoms with Gasteiger partial charge in [0.15, 0.2) is 0 Å². The van der Waals surface area contributed by atoms with Crippen LogP contribution in [0.4, 0.5) is 0 Å². The van der Waals surface area contributed by atoms with Crippen LogP contribution in [0, 0.1) is 6.92 Å². The SMILES string of the molecule is COc1ccc(OC)c(C=CC(=O)N2CCN(C(C)c3nc(-c4ccc(C)cc4)no3)CC2)c1. The van der Waals surface area contributed by atoms with Crippen molar-refractivity contribution in [2.24, 2.45) is 0 Å². The van der Waals surface area contributed by atoms with Gasteiger partial charge < -0.3 is 18.9 Å². The highest BCUT2D eigenvalue weighted by atomic mass is 16.5. The van der Waals surface area contributed by atoms with E-state index in [1.54, 1.807) is 26.4 Å². The maximum absolute atomic E-state index is 12.8. The Morgan fingerprint density at radius 3 is 2.47 bits per heavy atom. The summed E-state index contributed by atoms with van der Waals surface area (Å²) in [6, 6.07) is 13.5. The van der Waals surface area contributed by atoms with Gasteiger partial charge in [0, 0.05) is 43.4 Å². The molecule has 3 aromatic rings. The van der Waals surface area contributed by atoms with E-state index in [1.807, 2.05) is 54.3 Å². The number of hydrogen-bond donors (Lipinski definition) is 0. The highest BCUT2D eigenvalue weighted by molar-refractivity contribution is 5.92. The minimum atomic E-state index is -0.0309. The van der Waals surface area contributed by atoms with Gasteiger partial charge in [-0.1, -0.05) is 35.0 Å². The van der Waals surface area contributed by atoms with E-state index in [1.165, 1.54) is 5.56 Å². The van der Waals surface area contributed by atoms with Crippen molar-refractivity contribution in [3.63, 3.8) is 0 Å². The number of rotatable bonds is 7. The summed E-state index contributed by atoms with van der Waals surface area (Å²) in [7, 11) is 3.22. The summed E-state index contributed by atoms with van der Waals surface area (Å²) in [6.07, 6.45) is 3.35. The van der Waals surface area contributed by atoms with Crippen LogP contribution in [0.2, 0.25) is 0 Å². The van der Waals surface area contributed by atoms with Gasteiger partial charge in [-0.3, -0.25) is 9.69 Å². The molecule has 0 spiro atoms. The van der Waals surface area contributed by atoms with Gasteiger partial charge in [0.2, 0.25) is 17.6 Å². The van der Waals surface area contributed by atoms with Crippen LogP contribution in [0.5, 0.6) is 11.5 Å². The molecule has 1 aliphatic rings. The van der Waals surface area contributed by atoms with Gasteiger partial charge in [-0.15, -0.1) is 0 Å². The highest BCUT2D eigenvalue weighted by Gasteiger charge is 2.27. The Morgan fingerprint density at radius 1 is 1.06 bits per heavy atom. The Labute approximate surface area is 199 Å². The van der Waals surface area contributed by atoms with Crippen molar-refractivity contribution < 1.29 is 18.8 Å². The number of benzene rings is 2. The Hall–Kier alpha value is -3.65. The van der Waals surface area contributed by atoms with Crippen molar-refractivity contribution in [3.8, 4) is 22.9 Å². The molecule has 8 nitrogen and oxygen atoms in total. The highest BCUT2D eigenvalue weighted by Crippen LogP contribution is 2.26. The second-order valence-corrected chi connectivity index (χ2v) is 8.30. The van der Waals surface area contributed by atoms with Gasteiger partial charge in [0.25, 0.3) is 0 Å². The molecule has 0 saturated carbocycles. The Balaban J connectivity index is 1.34. The lowest BCUT2D eigenvalue weighted by molar-refractivity contribution is -0.128. The lowest BCUT2D eigenvalue weighted by atomic mass is 10.1. The third kappa shape index (κ3) is 5.28. The van der Waals surface area contributed by atoms with Crippen molar-refractivity contribution >= 4 is 12.0 Å². The molecule has 1 unspecified atom stereocenters. The topological polar surface area (TPSA) is 80.9 Å². The second kappa shape index (κ2) is 10.5. The number of ether oxygens (including phenoxy) is 2. The monoisotopic (exact) mass is 462 g/mol. The number of hydrogen-bond acceptors (Lipinski definition) is 7. The van der Waals surface area contributed by atoms with Gasteiger partial charge in [-0.05, 0) is 38.1 Å². The van der Waals surface area contributed by atoms with Crippen LogP contribution in [-0.2, 0) is 4.79 Å². The standard InChI is InChI=1S/C26H30N4O4/c1-18-5-7-20(8-6-18)25-27-26(34-28-25)19(2)29-13-15-30(16-14-29)24(31)12-9-21-17-22(32-3)10-11-23(21)33-4/h5-12,17,19H,13-16H2,1-4H3. The first-order chi connectivity index (χ1) is 16.5. The van der Waals surface area contributed by atoms with Crippen LogP contribution < -0.4 is 9.47 Å². The van der Waals surface area contributed by atoms with Crippen molar-refractivity contribution in [2.45, 2.75) is 19.9 Å². The molecule has 2 heterocycles. The smallest absolute Gasteiger partial charge is 0.246 e. The lowest BCUT2D eigenvalue weighted by Gasteiger charge is -2.36. The van der Waals surface area contributed by atoms with E-state index in [4.69, 9.17) is 14.0 Å². The largest absolute Gasteiger partial charge is 0.497 e. The van der Waals surface area contributed by atoms with E-state index < -0.39 is 0 Å². The summed E-state index contributed by atoms with van der Waals surface area (Å²) in [6.45, 7) is 6.81. The lowest BCUT2D eigenvalue weighted by Crippen LogP contribution is -2.48. The second-order valence-electron chi connectivity index (χ2n) is 8.30. The number of piperazine rings is 1. The third-order valence-corrected chi connectivity index (χ3v) is 6.12. The van der Waals surface area contributed by atoms with Gasteiger partial charge in [0.05, 0.1) is 20.3 Å². The van der Waals surface area contributed by atoms with Crippen LogP contribution in [0.15, 0.2) is 53.1 Å². The number of carbonyl (C=O) groups is 1. The number of methoxy groups -OCH3 is 2. The molecule has 0 N–H and O–H groups in total. The normalized spacial score (nSPS) is 15.5. The molecule has 0 radical (unpaired) electrons. The molecule has 8 heteroatoms. The Kier molecular flexibility index (Phi) is 7.27. The number of aryl methyl sites for hydroxylation is 1. The summed E-state index contributed by atoms with van der Waals surface area (Å²) < 4.78 is 16.2. The first kappa shape index (κ1) is 23.5. The summed E-state index contributed by atoms with van der Waals surface area (Å²) in [4.78, 5) is 21.5. The molecule has 34 heavy (non-hydrogen) atoms. The molecule has 178 valence electrons. The van der Waals surface area contributed by atoms with E-state index in [-0.39, 0.29) is 11.9 Å². The maximum atomic E-state index is 12.8. The van der Waals surface area contributed by atoms with Crippen LogP contribution in [-0.4, -0.2) is 66.2 Å². The summed E-state index contributed by atoms with van der Waals surface area (Å²) >= 11 is 0. The average molecular weight is 463 g/mol. The molecule has 1 saturated heterocycles. The molecule has 0 aliphatic carbocycles. The van der Waals surface area contributed by atoms with Crippen LogP contribution in [0.1, 0.15) is 30.0 Å². The minimum Gasteiger partial charge on any atom is -0.497 e. The van der Waals surface area contributed by atoms with E-state index in [9.17, 15) is 4.79 Å². The minimum absolute atomic E-state index is 0.0273. The predicted octanol–water partition coefficient (Wildman–Crippen LogP) is 3.98. The van der Waals surface area contributed by atoms with Crippen molar-refractivity contribution in [3.05, 3.63) is 65.6 Å². The average Bonchev–Trinajstić information content (AvgIpc) is 3.37. The molecule has 1 atom stereocenters. The number of carbonyl (C=O) groups excluding carboxylic acids is 1. The predicted molar refractivity (Wildman–Crippen MR) is 130 cm³/mol. The van der Waals surface area contributed by atoms with E-state index in [0.717, 1.165) is 24.2 Å². The Morgan fingerprint density at radius 2 is 1.79 bits per heavy atom. The zero-order valence-electron chi connectivity index (χ0n) is 20.0. The first-order valence-electron chi connectivity index (χ1n) is 11.3. The number of nitrogens with zero attached hydrogens (tertiary/aromatic N) is 4. The zero-order valence-corrected chi connectivity index (χ0v) is 20.0. The van der Waals surface area contributed by atoms with Crippen LogP contribution in [0.3, 0.4) is 0 Å². The summed E-state index contributed by atoms with van der Waals surface area (Å²) in [5, 5.41) is 4.15. The molecule has 2 aromatic carbocycles. The van der Waals surface area contributed by atoms with Gasteiger partial charge in [0.1, 0.15) is 11.5 Å². The third-order valence-electron chi connectivity index (χ3n) is 6.12. The summed E-state index contributed by atoms with van der Waals surface area (Å²) in [5.74, 6) is 2.54. The molecule has 0 bridgehead atoms. The van der Waals surface area contributed by atoms with Crippen LogP contribution >= 0.6 is 0 Å². The number of amides is 1. The van der Waals surface area contributed by atoms with E-state index in [0.29, 0.717) is 36.3 Å². The fraction of sp³-hybridized carbons (Fsp3) is 0.346. The zero-order chi connectivity index (χ0) is 24.1. The van der Waals surface area contributed by atoms with Crippen molar-refractivity contribution in [1.29, 1.82) is 0 Å². The quantitative estimate of drug-likeness (QED) is 0.491. The summed E-state index contributed by atoms with van der Waals surface area (Å²) in [5.41, 5.74) is 2.91. The van der Waals surface area contributed by atoms with Gasteiger partial charge in [-0.2, -0.15) is 4.98 Å². The number of aromatic nitrogens is 2. The van der Waals surface area contributed by atoms with Gasteiger partial charge >= 0.3 is 0 Å². The van der Waals surface area contributed by atoms with Crippen molar-refractivity contribution in [1.82, 2.24) is 19.9 Å². The van der Waals surface area contributed by atoms with E-state index in [2.05, 4.69) is 22.0 Å². The molecule has 1 fully saturated rings.